The zero-order valence-corrected chi connectivity index (χ0v) is 16.1. The van der Waals surface area contributed by atoms with Crippen molar-refractivity contribution in [2.75, 3.05) is 12.5 Å². The van der Waals surface area contributed by atoms with Crippen LogP contribution in [0.15, 0.2) is 84.9 Å². The second-order valence-electron chi connectivity index (χ2n) is 6.63. The molecule has 0 spiro atoms. The molecule has 0 heterocycles. The number of alkyl halides is 1. The third-order valence-corrected chi connectivity index (χ3v) is 4.94. The molecular formula is C24H25ClO2. The fraction of sp³-hybridized carbons (Fsp3) is 0.250. The minimum atomic E-state index is -1.17. The van der Waals surface area contributed by atoms with E-state index in [9.17, 15) is 5.11 Å². The van der Waals surface area contributed by atoms with Crippen LogP contribution in [0, 0.1) is 0 Å². The Labute approximate surface area is 166 Å². The number of halogens is 1. The Kier molecular flexibility index (Phi) is 6.92. The molecule has 3 aromatic carbocycles. The summed E-state index contributed by atoms with van der Waals surface area (Å²) >= 11 is 5.76. The second-order valence-corrected chi connectivity index (χ2v) is 7.01. The first kappa shape index (κ1) is 19.5. The normalized spacial score (nSPS) is 13.1. The van der Waals surface area contributed by atoms with Crippen molar-refractivity contribution in [3.63, 3.8) is 0 Å². The van der Waals surface area contributed by atoms with Gasteiger partial charge in [-0.15, -0.1) is 11.6 Å². The highest BCUT2D eigenvalue weighted by Crippen LogP contribution is 2.38. The zero-order valence-electron chi connectivity index (χ0n) is 15.4. The number of rotatable bonds is 9. The van der Waals surface area contributed by atoms with E-state index in [1.54, 1.807) is 0 Å². The van der Waals surface area contributed by atoms with Gasteiger partial charge < -0.3 is 9.84 Å². The van der Waals surface area contributed by atoms with Gasteiger partial charge in [0.1, 0.15) is 11.4 Å². The lowest BCUT2D eigenvalue weighted by Crippen LogP contribution is -2.31. The number of hydrogen-bond acceptors (Lipinski definition) is 2. The van der Waals surface area contributed by atoms with Gasteiger partial charge in [0.15, 0.2) is 0 Å². The number of ether oxygens (including phenoxy) is 1. The molecule has 1 N–H and O–H groups in total. The highest BCUT2D eigenvalue weighted by Gasteiger charge is 2.34. The Balaban J connectivity index is 1.98. The van der Waals surface area contributed by atoms with E-state index in [0.717, 1.165) is 29.5 Å². The summed E-state index contributed by atoms with van der Waals surface area (Å²) in [6, 6.07) is 27.6. The fourth-order valence-electron chi connectivity index (χ4n) is 3.27. The van der Waals surface area contributed by atoms with Crippen molar-refractivity contribution >= 4 is 11.6 Å². The molecule has 3 rings (SSSR count). The van der Waals surface area contributed by atoms with Gasteiger partial charge in [-0.05, 0) is 30.0 Å². The molecule has 0 aliphatic carbocycles. The Bertz CT molecular complexity index is 820. The van der Waals surface area contributed by atoms with E-state index < -0.39 is 5.60 Å². The maximum Gasteiger partial charge on any atom is 0.125 e. The van der Waals surface area contributed by atoms with Gasteiger partial charge in [-0.25, -0.2) is 0 Å². The Hall–Kier alpha value is -2.29. The van der Waals surface area contributed by atoms with Crippen LogP contribution in [0.2, 0.25) is 0 Å². The van der Waals surface area contributed by atoms with Crippen LogP contribution in [-0.2, 0) is 12.0 Å². The molecule has 140 valence electrons. The van der Waals surface area contributed by atoms with Crippen molar-refractivity contribution in [3.05, 3.63) is 102 Å². The summed E-state index contributed by atoms with van der Waals surface area (Å²) in [4.78, 5) is 0. The maximum absolute atomic E-state index is 11.9. The molecule has 0 radical (unpaired) electrons. The molecule has 0 bridgehead atoms. The van der Waals surface area contributed by atoms with Crippen molar-refractivity contribution in [1.82, 2.24) is 0 Å². The number of unbranched alkanes of at least 4 members (excludes halogenated alkanes) is 1. The van der Waals surface area contributed by atoms with Crippen LogP contribution < -0.4 is 4.74 Å². The molecular weight excluding hydrogens is 356 g/mol. The number of para-hydroxylation sites is 1. The Morgan fingerprint density at radius 1 is 0.778 bits per heavy atom. The smallest absolute Gasteiger partial charge is 0.125 e. The van der Waals surface area contributed by atoms with Gasteiger partial charge in [0.2, 0.25) is 0 Å². The van der Waals surface area contributed by atoms with E-state index in [0.29, 0.717) is 24.7 Å². The predicted octanol–water partition coefficient (Wildman–Crippen LogP) is 5.56. The van der Waals surface area contributed by atoms with Crippen molar-refractivity contribution in [1.29, 1.82) is 0 Å². The average Bonchev–Trinajstić information content (AvgIpc) is 2.73. The maximum atomic E-state index is 11.9. The second kappa shape index (κ2) is 9.59. The SMILES string of the molecule is OC(Cc1ccccc1)(c1ccccc1)c1ccccc1OCCCCCl. The first-order chi connectivity index (χ1) is 13.2. The van der Waals surface area contributed by atoms with Gasteiger partial charge in [0.25, 0.3) is 0 Å². The first-order valence-electron chi connectivity index (χ1n) is 9.34. The molecule has 1 unspecified atom stereocenters. The Morgan fingerprint density at radius 2 is 1.41 bits per heavy atom. The van der Waals surface area contributed by atoms with E-state index in [1.165, 1.54) is 0 Å². The lowest BCUT2D eigenvalue weighted by Gasteiger charge is -2.31. The molecule has 0 aliphatic rings. The number of hydrogen-bond donors (Lipinski definition) is 1. The topological polar surface area (TPSA) is 29.5 Å². The van der Waals surface area contributed by atoms with E-state index >= 15 is 0 Å². The molecule has 0 amide bonds. The summed E-state index contributed by atoms with van der Waals surface area (Å²) in [5.74, 6) is 1.35. The van der Waals surface area contributed by atoms with Gasteiger partial charge in [-0.3, -0.25) is 0 Å². The molecule has 3 aromatic rings. The fourth-order valence-corrected chi connectivity index (χ4v) is 3.46. The molecule has 0 saturated carbocycles. The monoisotopic (exact) mass is 380 g/mol. The molecule has 0 fully saturated rings. The van der Waals surface area contributed by atoms with Crippen LogP contribution >= 0.6 is 11.6 Å². The number of benzene rings is 3. The molecule has 0 aliphatic heterocycles. The summed E-state index contributed by atoms with van der Waals surface area (Å²) in [5, 5.41) is 11.9. The molecule has 0 aromatic heterocycles. The number of aliphatic hydroxyl groups is 1. The van der Waals surface area contributed by atoms with E-state index in [4.69, 9.17) is 16.3 Å². The van der Waals surface area contributed by atoms with Gasteiger partial charge in [-0.1, -0.05) is 78.9 Å². The third-order valence-electron chi connectivity index (χ3n) is 4.67. The van der Waals surface area contributed by atoms with Gasteiger partial charge >= 0.3 is 0 Å². The van der Waals surface area contributed by atoms with Crippen molar-refractivity contribution in [3.8, 4) is 5.75 Å². The van der Waals surface area contributed by atoms with Crippen LogP contribution in [0.4, 0.5) is 0 Å². The van der Waals surface area contributed by atoms with Crippen molar-refractivity contribution < 1.29 is 9.84 Å². The molecule has 3 heteroatoms. The quantitative estimate of drug-likeness (QED) is 0.389. The van der Waals surface area contributed by atoms with E-state index in [-0.39, 0.29) is 0 Å². The van der Waals surface area contributed by atoms with Crippen LogP contribution in [-0.4, -0.2) is 17.6 Å². The Morgan fingerprint density at radius 3 is 2.11 bits per heavy atom. The highest BCUT2D eigenvalue weighted by atomic mass is 35.5. The summed E-state index contributed by atoms with van der Waals surface area (Å²) in [6.07, 6.45) is 2.27. The zero-order chi connectivity index (χ0) is 19.0. The first-order valence-corrected chi connectivity index (χ1v) is 9.87. The standard InChI is InChI=1S/C24H25ClO2/c25-17-9-10-18-27-23-16-8-7-15-22(23)24(26,21-13-5-2-6-14-21)19-20-11-3-1-4-12-20/h1-8,11-16,26H,9-10,17-19H2. The minimum Gasteiger partial charge on any atom is -0.493 e. The highest BCUT2D eigenvalue weighted by molar-refractivity contribution is 6.17. The lowest BCUT2D eigenvalue weighted by atomic mass is 9.81. The third kappa shape index (κ3) is 4.91. The molecule has 2 nitrogen and oxygen atoms in total. The summed E-state index contributed by atoms with van der Waals surface area (Å²) in [7, 11) is 0. The van der Waals surface area contributed by atoms with Crippen molar-refractivity contribution in [2.45, 2.75) is 24.9 Å². The van der Waals surface area contributed by atoms with Crippen LogP contribution in [0.5, 0.6) is 5.75 Å². The predicted molar refractivity (Wildman–Crippen MR) is 111 cm³/mol. The lowest BCUT2D eigenvalue weighted by molar-refractivity contribution is 0.0772. The largest absolute Gasteiger partial charge is 0.493 e. The van der Waals surface area contributed by atoms with Crippen LogP contribution in [0.3, 0.4) is 0 Å². The van der Waals surface area contributed by atoms with Crippen LogP contribution in [0.25, 0.3) is 0 Å². The summed E-state index contributed by atoms with van der Waals surface area (Å²) in [6.45, 7) is 0.583. The van der Waals surface area contributed by atoms with E-state index in [1.807, 2.05) is 84.9 Å². The summed E-state index contributed by atoms with van der Waals surface area (Å²) < 4.78 is 6.03. The van der Waals surface area contributed by atoms with Gasteiger partial charge in [-0.2, -0.15) is 0 Å². The minimum absolute atomic E-state index is 0.472. The summed E-state index contributed by atoms with van der Waals surface area (Å²) in [5.41, 5.74) is 1.53. The van der Waals surface area contributed by atoms with Crippen molar-refractivity contribution in [2.24, 2.45) is 0 Å². The molecule has 27 heavy (non-hydrogen) atoms. The average molecular weight is 381 g/mol. The van der Waals surface area contributed by atoms with Gasteiger partial charge in [0.05, 0.1) is 6.61 Å². The molecule has 1 atom stereocenters. The van der Waals surface area contributed by atoms with E-state index in [2.05, 4.69) is 0 Å². The van der Waals surface area contributed by atoms with Crippen LogP contribution in [0.1, 0.15) is 29.5 Å². The molecule has 0 saturated heterocycles. The van der Waals surface area contributed by atoms with Gasteiger partial charge in [0, 0.05) is 17.9 Å².